The maximum absolute atomic E-state index is 12.7. The standard InChI is InChI=1S/C18H18N4O/c19-13-14-5-1-3-7-16(14)21-18(23)15-6-2-4-8-17(15)22-11-9-20-10-12-22/h1-8,20H,9-12H2,(H,21,23). The molecule has 1 amide bonds. The van der Waals surface area contributed by atoms with Crippen LogP contribution in [0.15, 0.2) is 48.5 Å². The molecule has 5 heteroatoms. The van der Waals surface area contributed by atoms with Crippen molar-refractivity contribution < 1.29 is 4.79 Å². The van der Waals surface area contributed by atoms with Gasteiger partial charge in [-0.05, 0) is 24.3 Å². The Hall–Kier alpha value is -2.84. The van der Waals surface area contributed by atoms with Crippen LogP contribution in [0.25, 0.3) is 0 Å². The summed E-state index contributed by atoms with van der Waals surface area (Å²) in [7, 11) is 0. The third-order valence-corrected chi connectivity index (χ3v) is 3.90. The quantitative estimate of drug-likeness (QED) is 0.912. The van der Waals surface area contributed by atoms with Gasteiger partial charge in [0, 0.05) is 31.9 Å². The maximum Gasteiger partial charge on any atom is 0.257 e. The highest BCUT2D eigenvalue weighted by molar-refractivity contribution is 6.08. The van der Waals surface area contributed by atoms with Crippen molar-refractivity contribution in [1.82, 2.24) is 5.32 Å². The Bertz CT molecular complexity index is 745. The summed E-state index contributed by atoms with van der Waals surface area (Å²) < 4.78 is 0. The number of nitrogens with one attached hydrogen (secondary N) is 2. The van der Waals surface area contributed by atoms with Crippen LogP contribution in [0.2, 0.25) is 0 Å². The average molecular weight is 306 g/mol. The molecule has 0 radical (unpaired) electrons. The Labute approximate surface area is 135 Å². The highest BCUT2D eigenvalue weighted by Crippen LogP contribution is 2.23. The van der Waals surface area contributed by atoms with E-state index >= 15 is 0 Å². The molecule has 1 fully saturated rings. The number of anilines is 2. The number of rotatable bonds is 3. The minimum Gasteiger partial charge on any atom is -0.368 e. The fourth-order valence-electron chi connectivity index (χ4n) is 2.73. The number of hydrogen-bond donors (Lipinski definition) is 2. The van der Waals surface area contributed by atoms with Gasteiger partial charge in [-0.1, -0.05) is 24.3 Å². The van der Waals surface area contributed by atoms with Crippen LogP contribution < -0.4 is 15.5 Å². The summed E-state index contributed by atoms with van der Waals surface area (Å²) in [4.78, 5) is 14.9. The van der Waals surface area contributed by atoms with E-state index in [1.807, 2.05) is 24.3 Å². The van der Waals surface area contributed by atoms with Gasteiger partial charge in [0.2, 0.25) is 0 Å². The lowest BCUT2D eigenvalue weighted by Gasteiger charge is -2.30. The summed E-state index contributed by atoms with van der Waals surface area (Å²) in [6.45, 7) is 3.57. The molecule has 1 saturated heterocycles. The summed E-state index contributed by atoms with van der Waals surface area (Å²) in [5, 5.41) is 15.3. The van der Waals surface area contributed by atoms with E-state index in [1.54, 1.807) is 24.3 Å². The maximum atomic E-state index is 12.7. The molecule has 2 N–H and O–H groups in total. The normalized spacial score (nSPS) is 14.1. The van der Waals surface area contributed by atoms with Crippen LogP contribution in [-0.2, 0) is 0 Å². The SMILES string of the molecule is N#Cc1ccccc1NC(=O)c1ccccc1N1CCNCC1. The smallest absolute Gasteiger partial charge is 0.257 e. The molecule has 0 bridgehead atoms. The second-order valence-electron chi connectivity index (χ2n) is 5.37. The van der Waals surface area contributed by atoms with E-state index in [9.17, 15) is 4.79 Å². The van der Waals surface area contributed by atoms with Crippen molar-refractivity contribution in [1.29, 1.82) is 5.26 Å². The summed E-state index contributed by atoms with van der Waals surface area (Å²) in [5.74, 6) is -0.193. The number of piperazine rings is 1. The highest BCUT2D eigenvalue weighted by Gasteiger charge is 2.18. The Kier molecular flexibility index (Phi) is 4.55. The zero-order valence-corrected chi connectivity index (χ0v) is 12.7. The molecule has 2 aromatic carbocycles. The van der Waals surface area contributed by atoms with Crippen LogP contribution in [-0.4, -0.2) is 32.1 Å². The molecular weight excluding hydrogens is 288 g/mol. The minimum atomic E-state index is -0.193. The number of amides is 1. The van der Waals surface area contributed by atoms with E-state index in [1.165, 1.54) is 0 Å². The number of nitriles is 1. The van der Waals surface area contributed by atoms with Crippen molar-refractivity contribution in [3.63, 3.8) is 0 Å². The van der Waals surface area contributed by atoms with E-state index in [-0.39, 0.29) is 5.91 Å². The number of carbonyl (C=O) groups is 1. The molecule has 0 atom stereocenters. The molecule has 3 rings (SSSR count). The van der Waals surface area contributed by atoms with Gasteiger partial charge in [-0.3, -0.25) is 4.79 Å². The molecule has 5 nitrogen and oxygen atoms in total. The van der Waals surface area contributed by atoms with Gasteiger partial charge in [0.15, 0.2) is 0 Å². The molecule has 0 aromatic heterocycles. The topological polar surface area (TPSA) is 68.2 Å². The number of benzene rings is 2. The van der Waals surface area contributed by atoms with Crippen molar-refractivity contribution >= 4 is 17.3 Å². The molecule has 2 aromatic rings. The van der Waals surface area contributed by atoms with Crippen LogP contribution in [0.4, 0.5) is 11.4 Å². The van der Waals surface area contributed by atoms with Crippen molar-refractivity contribution in [2.75, 3.05) is 36.4 Å². The fraction of sp³-hybridized carbons (Fsp3) is 0.222. The largest absolute Gasteiger partial charge is 0.368 e. The zero-order chi connectivity index (χ0) is 16.1. The summed E-state index contributed by atoms with van der Waals surface area (Å²) in [6, 6.07) is 16.7. The first-order chi connectivity index (χ1) is 11.3. The van der Waals surface area contributed by atoms with Gasteiger partial charge in [-0.25, -0.2) is 0 Å². The van der Waals surface area contributed by atoms with E-state index in [0.717, 1.165) is 31.9 Å². The first kappa shape index (κ1) is 15.1. The Balaban J connectivity index is 1.86. The number of hydrogen-bond acceptors (Lipinski definition) is 4. The first-order valence-electron chi connectivity index (χ1n) is 7.65. The third-order valence-electron chi connectivity index (χ3n) is 3.90. The van der Waals surface area contributed by atoms with Gasteiger partial charge in [0.1, 0.15) is 6.07 Å². The molecule has 0 unspecified atom stereocenters. The Morgan fingerprint density at radius 2 is 1.78 bits per heavy atom. The summed E-state index contributed by atoms with van der Waals surface area (Å²) in [6.07, 6.45) is 0. The predicted molar refractivity (Wildman–Crippen MR) is 90.6 cm³/mol. The third kappa shape index (κ3) is 3.33. The molecule has 1 aliphatic rings. The van der Waals surface area contributed by atoms with Crippen molar-refractivity contribution in [3.05, 3.63) is 59.7 Å². The molecule has 1 heterocycles. The van der Waals surface area contributed by atoms with Crippen LogP contribution in [0.1, 0.15) is 15.9 Å². The number of nitrogens with zero attached hydrogens (tertiary/aromatic N) is 2. The lowest BCUT2D eigenvalue weighted by molar-refractivity contribution is 0.102. The van der Waals surface area contributed by atoms with Gasteiger partial charge >= 0.3 is 0 Å². The van der Waals surface area contributed by atoms with Crippen molar-refractivity contribution in [3.8, 4) is 6.07 Å². The molecular formula is C18H18N4O. The van der Waals surface area contributed by atoms with Crippen LogP contribution in [0.3, 0.4) is 0 Å². The van der Waals surface area contributed by atoms with Gasteiger partial charge in [0.25, 0.3) is 5.91 Å². The average Bonchev–Trinajstić information content (AvgIpc) is 2.63. The lowest BCUT2D eigenvalue weighted by Crippen LogP contribution is -2.44. The van der Waals surface area contributed by atoms with Gasteiger partial charge < -0.3 is 15.5 Å². The first-order valence-corrected chi connectivity index (χ1v) is 7.65. The van der Waals surface area contributed by atoms with E-state index in [0.29, 0.717) is 16.8 Å². The molecule has 23 heavy (non-hydrogen) atoms. The highest BCUT2D eigenvalue weighted by atomic mass is 16.1. The molecule has 0 spiro atoms. The number of para-hydroxylation sites is 2. The van der Waals surface area contributed by atoms with Crippen molar-refractivity contribution in [2.45, 2.75) is 0 Å². The van der Waals surface area contributed by atoms with Crippen LogP contribution in [0.5, 0.6) is 0 Å². The van der Waals surface area contributed by atoms with E-state index in [2.05, 4.69) is 21.6 Å². The second-order valence-corrected chi connectivity index (χ2v) is 5.37. The van der Waals surface area contributed by atoms with Gasteiger partial charge in [0.05, 0.1) is 16.8 Å². The number of carbonyl (C=O) groups excluding carboxylic acids is 1. The van der Waals surface area contributed by atoms with Crippen LogP contribution in [0, 0.1) is 11.3 Å². The minimum absolute atomic E-state index is 0.193. The van der Waals surface area contributed by atoms with Gasteiger partial charge in [-0.15, -0.1) is 0 Å². The molecule has 0 saturated carbocycles. The summed E-state index contributed by atoms with van der Waals surface area (Å²) >= 11 is 0. The molecule has 0 aliphatic carbocycles. The fourth-order valence-corrected chi connectivity index (χ4v) is 2.73. The predicted octanol–water partition coefficient (Wildman–Crippen LogP) is 2.22. The van der Waals surface area contributed by atoms with Gasteiger partial charge in [-0.2, -0.15) is 5.26 Å². The van der Waals surface area contributed by atoms with E-state index in [4.69, 9.17) is 5.26 Å². The lowest BCUT2D eigenvalue weighted by atomic mass is 10.1. The molecule has 1 aliphatic heterocycles. The second kappa shape index (κ2) is 6.95. The monoisotopic (exact) mass is 306 g/mol. The van der Waals surface area contributed by atoms with Crippen molar-refractivity contribution in [2.24, 2.45) is 0 Å². The summed E-state index contributed by atoms with van der Waals surface area (Å²) in [5.41, 5.74) is 2.55. The Morgan fingerprint density at radius 1 is 1.09 bits per heavy atom. The Morgan fingerprint density at radius 3 is 2.57 bits per heavy atom. The van der Waals surface area contributed by atoms with Crippen LogP contribution >= 0.6 is 0 Å². The van der Waals surface area contributed by atoms with E-state index < -0.39 is 0 Å². The zero-order valence-electron chi connectivity index (χ0n) is 12.7. The molecule has 116 valence electrons.